The highest BCUT2D eigenvalue weighted by Gasteiger charge is 2.59. The van der Waals surface area contributed by atoms with Gasteiger partial charge >= 0.3 is 5.97 Å². The lowest BCUT2D eigenvalue weighted by Crippen LogP contribution is -2.63. The van der Waals surface area contributed by atoms with Gasteiger partial charge in [0.2, 0.25) is 5.91 Å². The maximum atomic E-state index is 12.3. The highest BCUT2D eigenvalue weighted by atomic mass is 16.4. The molecule has 2 fully saturated rings. The number of fused-ring (bicyclic) bond motifs is 1. The molecule has 0 spiro atoms. The minimum Gasteiger partial charge on any atom is -0.477 e. The highest BCUT2D eigenvalue weighted by molar-refractivity contribution is 6.00. The summed E-state index contributed by atoms with van der Waals surface area (Å²) < 4.78 is 0. The Morgan fingerprint density at radius 2 is 2.04 bits per heavy atom. The van der Waals surface area contributed by atoms with Gasteiger partial charge in [0.15, 0.2) is 5.96 Å². The molecule has 0 aromatic carbocycles. The molecule has 0 bridgehead atoms. The van der Waals surface area contributed by atoms with E-state index in [1.165, 1.54) is 4.90 Å². The van der Waals surface area contributed by atoms with Crippen LogP contribution in [0.1, 0.15) is 13.8 Å². The Morgan fingerprint density at radius 1 is 1.38 bits per heavy atom. The van der Waals surface area contributed by atoms with Crippen molar-refractivity contribution in [3.63, 3.8) is 0 Å². The molecule has 3 aliphatic heterocycles. The first-order valence-corrected chi connectivity index (χ1v) is 8.60. The summed E-state index contributed by atoms with van der Waals surface area (Å²) in [5.41, 5.74) is 11.4. The van der Waals surface area contributed by atoms with Crippen LogP contribution in [-0.4, -0.2) is 86.9 Å². The van der Waals surface area contributed by atoms with Crippen LogP contribution < -0.4 is 11.5 Å². The van der Waals surface area contributed by atoms with E-state index >= 15 is 0 Å². The summed E-state index contributed by atoms with van der Waals surface area (Å²) in [5.74, 6) is -2.41. The van der Waals surface area contributed by atoms with E-state index in [1.54, 1.807) is 6.92 Å². The molecule has 6 atom stereocenters. The van der Waals surface area contributed by atoms with Gasteiger partial charge in [-0.1, -0.05) is 6.92 Å². The number of carbonyl (C=O) groups is 2. The maximum absolute atomic E-state index is 12.3. The lowest BCUT2D eigenvalue weighted by atomic mass is 9.77. The molecule has 2 saturated heterocycles. The number of rotatable bonds is 5. The molecule has 1 amide bonds. The van der Waals surface area contributed by atoms with Crippen molar-refractivity contribution in [3.05, 3.63) is 11.3 Å². The minimum absolute atomic E-state index is 0.0100. The van der Waals surface area contributed by atoms with Crippen LogP contribution in [-0.2, 0) is 9.59 Å². The zero-order valence-electron chi connectivity index (χ0n) is 14.7. The quantitative estimate of drug-likeness (QED) is 0.202. The second kappa shape index (κ2) is 6.53. The number of β-lactam (4-membered cyclic amide) rings is 1. The van der Waals surface area contributed by atoms with Gasteiger partial charge in [0, 0.05) is 25.6 Å². The van der Waals surface area contributed by atoms with E-state index in [2.05, 4.69) is 4.99 Å². The number of amides is 1. The minimum atomic E-state index is -1.16. The number of carboxylic acid groups (broad SMARTS) is 1. The van der Waals surface area contributed by atoms with Gasteiger partial charge in [0.1, 0.15) is 5.70 Å². The number of guanidine groups is 1. The lowest BCUT2D eigenvalue weighted by molar-refractivity contribution is -0.163. The first-order chi connectivity index (χ1) is 12.1. The molecule has 3 heterocycles. The third kappa shape index (κ3) is 2.83. The van der Waals surface area contributed by atoms with E-state index in [4.69, 9.17) is 11.5 Å². The van der Waals surface area contributed by atoms with Crippen LogP contribution >= 0.6 is 0 Å². The van der Waals surface area contributed by atoms with Gasteiger partial charge in [-0.3, -0.25) is 9.69 Å². The summed E-state index contributed by atoms with van der Waals surface area (Å²) in [6, 6.07) is -0.806. The van der Waals surface area contributed by atoms with E-state index < -0.39 is 30.1 Å². The van der Waals surface area contributed by atoms with Crippen molar-refractivity contribution in [2.24, 2.45) is 28.3 Å². The van der Waals surface area contributed by atoms with E-state index in [0.717, 1.165) is 0 Å². The molecule has 3 aliphatic rings. The summed E-state index contributed by atoms with van der Waals surface area (Å²) in [4.78, 5) is 31.3. The van der Waals surface area contributed by atoms with E-state index in [1.807, 2.05) is 11.8 Å². The number of β-amino-alcohol motifs (C(OH)–C–C–N with tert-alkyl or cyclic N) is 1. The van der Waals surface area contributed by atoms with Gasteiger partial charge in [-0.25, -0.2) is 9.79 Å². The molecule has 0 aliphatic carbocycles. The Bertz CT molecular complexity index is 687. The van der Waals surface area contributed by atoms with Gasteiger partial charge in [-0.2, -0.15) is 0 Å². The van der Waals surface area contributed by atoms with E-state index in [9.17, 15) is 24.9 Å². The summed E-state index contributed by atoms with van der Waals surface area (Å²) in [5, 5.41) is 29.6. The predicted molar refractivity (Wildman–Crippen MR) is 91.7 cm³/mol. The summed E-state index contributed by atoms with van der Waals surface area (Å²) in [6.07, 6.45) is -1.58. The number of nitrogens with zero attached hydrogens (tertiary/aromatic N) is 3. The molecular formula is C16H25N5O5. The van der Waals surface area contributed by atoms with Crippen molar-refractivity contribution in [3.8, 4) is 0 Å². The maximum Gasteiger partial charge on any atom is 0.352 e. The zero-order valence-corrected chi connectivity index (χ0v) is 14.7. The Labute approximate surface area is 150 Å². The standard InChI is InChI=1S/C16H25N5O5/c1-6-8(3-20-4-9(10(23)5-20)19-16(17)18)13(15(25)26)21-12(6)11(7(2)22)14(21)24/h6-7,9-12,22-23H,3-5H2,1-2H3,(H,25,26)(H4,17,18,19)/t6-,7+,9+,10-,11?,12+/m0/s1. The Kier molecular flexibility index (Phi) is 4.67. The molecule has 3 rings (SSSR count). The number of hydrogen-bond acceptors (Lipinski definition) is 6. The molecule has 0 radical (unpaired) electrons. The number of aliphatic hydroxyl groups is 2. The first-order valence-electron chi connectivity index (χ1n) is 8.60. The number of aliphatic hydroxyl groups excluding tert-OH is 2. The molecule has 26 heavy (non-hydrogen) atoms. The van der Waals surface area contributed by atoms with Crippen LogP contribution in [0.4, 0.5) is 0 Å². The van der Waals surface area contributed by atoms with Gasteiger partial charge < -0.3 is 31.7 Å². The van der Waals surface area contributed by atoms with E-state index in [-0.39, 0.29) is 29.5 Å². The van der Waals surface area contributed by atoms with Gasteiger partial charge in [0.05, 0.1) is 30.2 Å². The molecule has 0 aromatic rings. The number of carboxylic acids is 1. The second-order valence-corrected chi connectivity index (χ2v) is 7.32. The second-order valence-electron chi connectivity index (χ2n) is 7.32. The molecule has 1 unspecified atom stereocenters. The summed E-state index contributed by atoms with van der Waals surface area (Å²) in [6.45, 7) is 4.40. The smallest absolute Gasteiger partial charge is 0.352 e. The van der Waals surface area contributed by atoms with Crippen LogP contribution in [0.3, 0.4) is 0 Å². The Balaban J connectivity index is 1.82. The molecule has 144 valence electrons. The average Bonchev–Trinajstić information content (AvgIpc) is 2.96. The van der Waals surface area contributed by atoms with Crippen LogP contribution in [0.25, 0.3) is 0 Å². The number of hydrogen-bond donors (Lipinski definition) is 5. The van der Waals surface area contributed by atoms with Crippen molar-refractivity contribution in [2.45, 2.75) is 38.1 Å². The Hall–Kier alpha value is -2.17. The lowest BCUT2D eigenvalue weighted by Gasteiger charge is -2.46. The zero-order chi connectivity index (χ0) is 19.3. The van der Waals surface area contributed by atoms with Crippen LogP contribution in [0.2, 0.25) is 0 Å². The van der Waals surface area contributed by atoms with Crippen molar-refractivity contribution in [1.82, 2.24) is 9.80 Å². The molecule has 0 aromatic heterocycles. The summed E-state index contributed by atoms with van der Waals surface area (Å²) >= 11 is 0. The Morgan fingerprint density at radius 3 is 2.58 bits per heavy atom. The SMILES string of the molecule is C[C@@H](O)C1C(=O)N2C(C(=O)O)=C(CN3C[C@H](O)[C@H](N=C(N)N)C3)[C@H](C)[C@H]12. The van der Waals surface area contributed by atoms with Gasteiger partial charge in [0.25, 0.3) is 0 Å². The fourth-order valence-corrected chi connectivity index (χ4v) is 4.39. The molecule has 10 heteroatoms. The fraction of sp³-hybridized carbons (Fsp3) is 0.688. The monoisotopic (exact) mass is 367 g/mol. The first kappa shape index (κ1) is 18.6. The van der Waals surface area contributed by atoms with Gasteiger partial charge in [-0.15, -0.1) is 0 Å². The van der Waals surface area contributed by atoms with Crippen molar-refractivity contribution in [1.29, 1.82) is 0 Å². The average molecular weight is 367 g/mol. The van der Waals surface area contributed by atoms with Crippen molar-refractivity contribution >= 4 is 17.8 Å². The van der Waals surface area contributed by atoms with Crippen LogP contribution in [0.5, 0.6) is 0 Å². The van der Waals surface area contributed by atoms with E-state index in [0.29, 0.717) is 25.2 Å². The third-order valence-corrected chi connectivity index (χ3v) is 5.56. The van der Waals surface area contributed by atoms with Crippen molar-refractivity contribution < 1.29 is 24.9 Å². The number of likely N-dealkylation sites (tertiary alicyclic amines) is 1. The topological polar surface area (TPSA) is 166 Å². The summed E-state index contributed by atoms with van der Waals surface area (Å²) in [7, 11) is 0. The van der Waals surface area contributed by atoms with Gasteiger partial charge in [-0.05, 0) is 12.5 Å². The number of nitrogens with two attached hydrogens (primary N) is 2. The van der Waals surface area contributed by atoms with Crippen LogP contribution in [0.15, 0.2) is 16.3 Å². The molecule has 10 nitrogen and oxygen atoms in total. The normalized spacial score (nSPS) is 35.3. The highest BCUT2D eigenvalue weighted by Crippen LogP contribution is 2.47. The largest absolute Gasteiger partial charge is 0.477 e. The number of carbonyl (C=O) groups excluding carboxylic acids is 1. The number of aliphatic carboxylic acids is 1. The third-order valence-electron chi connectivity index (χ3n) is 5.56. The molecule has 0 saturated carbocycles. The molecular weight excluding hydrogens is 342 g/mol. The van der Waals surface area contributed by atoms with Crippen LogP contribution in [0, 0.1) is 11.8 Å². The number of aliphatic imine (C=N–C) groups is 1. The fourth-order valence-electron chi connectivity index (χ4n) is 4.39. The van der Waals surface area contributed by atoms with Crippen molar-refractivity contribution in [2.75, 3.05) is 19.6 Å². The molecule has 7 N–H and O–H groups in total. The predicted octanol–water partition coefficient (Wildman–Crippen LogP) is -2.50.